The summed E-state index contributed by atoms with van der Waals surface area (Å²) in [6.45, 7) is 3.99. The van der Waals surface area contributed by atoms with E-state index in [1.54, 1.807) is 0 Å². The maximum Gasteiger partial charge on any atom is 0.328 e. The van der Waals surface area contributed by atoms with Crippen LogP contribution in [-0.4, -0.2) is 25.0 Å². The number of thiophene rings is 1. The molecule has 1 unspecified atom stereocenters. The largest absolute Gasteiger partial charge is 0.467 e. The topological polar surface area (TPSA) is 55.4 Å². The quantitative estimate of drug-likeness (QED) is 0.786. The number of esters is 1. The van der Waals surface area contributed by atoms with Crippen LogP contribution in [0.1, 0.15) is 31.6 Å². The van der Waals surface area contributed by atoms with Crippen molar-refractivity contribution in [1.82, 2.24) is 5.32 Å². The Balaban J connectivity index is 2.46. The molecule has 112 valence electrons. The van der Waals surface area contributed by atoms with E-state index in [1.807, 2.05) is 25.3 Å². The van der Waals surface area contributed by atoms with Gasteiger partial charge in [0.25, 0.3) is 0 Å². The summed E-state index contributed by atoms with van der Waals surface area (Å²) in [7, 11) is 1.33. The van der Waals surface area contributed by atoms with Crippen LogP contribution in [0.3, 0.4) is 0 Å². The van der Waals surface area contributed by atoms with Crippen LogP contribution >= 0.6 is 22.9 Å². The average Bonchev–Trinajstić information content (AvgIpc) is 2.80. The summed E-state index contributed by atoms with van der Waals surface area (Å²) in [5, 5.41) is 5.26. The van der Waals surface area contributed by atoms with Crippen LogP contribution < -0.4 is 5.32 Å². The Kier molecular flexibility index (Phi) is 7.02. The lowest BCUT2D eigenvalue weighted by molar-refractivity contribution is -0.145. The van der Waals surface area contributed by atoms with E-state index in [1.165, 1.54) is 18.4 Å². The molecular weight excluding hydrogens is 298 g/mol. The number of methoxy groups -OCH3 is 1. The fourth-order valence-electron chi connectivity index (χ4n) is 1.82. The van der Waals surface area contributed by atoms with E-state index in [-0.39, 0.29) is 5.91 Å². The Bertz CT molecular complexity index is 459. The molecule has 1 N–H and O–H groups in total. The first-order chi connectivity index (χ1) is 9.42. The lowest BCUT2D eigenvalue weighted by Gasteiger charge is -2.18. The summed E-state index contributed by atoms with van der Waals surface area (Å²) in [5.41, 5.74) is 0. The third-order valence-electron chi connectivity index (χ3n) is 2.75. The van der Waals surface area contributed by atoms with Gasteiger partial charge in [0, 0.05) is 16.7 Å². The third-order valence-corrected chi connectivity index (χ3v) is 4.09. The average molecular weight is 318 g/mol. The molecule has 0 radical (unpaired) electrons. The number of carbonyl (C=O) groups is 2. The van der Waals surface area contributed by atoms with Gasteiger partial charge in [-0.25, -0.2) is 4.79 Å². The van der Waals surface area contributed by atoms with Crippen LogP contribution in [0.4, 0.5) is 0 Å². The van der Waals surface area contributed by atoms with Gasteiger partial charge in [0.2, 0.25) is 5.91 Å². The minimum absolute atomic E-state index is 0.148. The molecular formula is C14H20ClNO3S. The first-order valence-corrected chi connectivity index (χ1v) is 7.78. The van der Waals surface area contributed by atoms with Gasteiger partial charge >= 0.3 is 5.97 Å². The number of halogens is 1. The summed E-state index contributed by atoms with van der Waals surface area (Å²) in [4.78, 5) is 24.6. The van der Waals surface area contributed by atoms with E-state index in [4.69, 9.17) is 16.3 Å². The van der Waals surface area contributed by atoms with Crippen LogP contribution in [0.25, 0.3) is 0 Å². The Morgan fingerprint density at radius 2 is 2.15 bits per heavy atom. The van der Waals surface area contributed by atoms with Gasteiger partial charge in [-0.05, 0) is 24.8 Å². The van der Waals surface area contributed by atoms with Crippen molar-refractivity contribution < 1.29 is 14.3 Å². The third kappa shape index (κ3) is 5.92. The molecule has 1 amide bonds. The standard InChI is InChI=1S/C14H20ClNO3S/c1-9(2)6-12(14(18)19-3)16-13(17)5-4-11-7-10(15)8-20-11/h7-9,12H,4-6H2,1-3H3,(H,16,17). The van der Waals surface area contributed by atoms with Crippen molar-refractivity contribution in [1.29, 1.82) is 0 Å². The highest BCUT2D eigenvalue weighted by molar-refractivity contribution is 7.10. The molecule has 20 heavy (non-hydrogen) atoms. The van der Waals surface area contributed by atoms with Gasteiger partial charge in [-0.2, -0.15) is 0 Å². The molecule has 0 bridgehead atoms. The maximum absolute atomic E-state index is 11.9. The molecule has 0 aliphatic heterocycles. The molecule has 1 rings (SSSR count). The molecule has 4 nitrogen and oxygen atoms in total. The highest BCUT2D eigenvalue weighted by Crippen LogP contribution is 2.20. The van der Waals surface area contributed by atoms with Gasteiger partial charge in [0.1, 0.15) is 6.04 Å². The van der Waals surface area contributed by atoms with Crippen molar-refractivity contribution in [2.24, 2.45) is 5.92 Å². The number of nitrogens with one attached hydrogen (secondary N) is 1. The number of hydrogen-bond acceptors (Lipinski definition) is 4. The summed E-state index contributed by atoms with van der Waals surface area (Å²) in [6.07, 6.45) is 1.53. The molecule has 0 aliphatic rings. The van der Waals surface area contributed by atoms with E-state index in [9.17, 15) is 9.59 Å². The van der Waals surface area contributed by atoms with Crippen LogP contribution in [0.15, 0.2) is 11.4 Å². The maximum atomic E-state index is 11.9. The highest BCUT2D eigenvalue weighted by atomic mass is 35.5. The predicted molar refractivity (Wildman–Crippen MR) is 81.1 cm³/mol. The van der Waals surface area contributed by atoms with Crippen LogP contribution in [0.5, 0.6) is 0 Å². The van der Waals surface area contributed by atoms with E-state index < -0.39 is 12.0 Å². The van der Waals surface area contributed by atoms with Crippen molar-refractivity contribution >= 4 is 34.8 Å². The number of amides is 1. The van der Waals surface area contributed by atoms with Gasteiger partial charge in [-0.1, -0.05) is 25.4 Å². The highest BCUT2D eigenvalue weighted by Gasteiger charge is 2.22. The Morgan fingerprint density at radius 1 is 1.45 bits per heavy atom. The van der Waals surface area contributed by atoms with Crippen molar-refractivity contribution in [2.75, 3.05) is 7.11 Å². The SMILES string of the molecule is COC(=O)C(CC(C)C)NC(=O)CCc1cc(Cl)cs1. The zero-order valence-electron chi connectivity index (χ0n) is 11.9. The second kappa shape index (κ2) is 8.27. The van der Waals surface area contributed by atoms with Crippen molar-refractivity contribution in [3.63, 3.8) is 0 Å². The van der Waals surface area contributed by atoms with E-state index in [0.717, 1.165) is 4.88 Å². The van der Waals surface area contributed by atoms with Gasteiger partial charge in [-0.3, -0.25) is 4.79 Å². The Morgan fingerprint density at radius 3 is 2.65 bits per heavy atom. The zero-order chi connectivity index (χ0) is 15.1. The molecule has 1 aromatic rings. The Hall–Kier alpha value is -1.07. The van der Waals surface area contributed by atoms with Crippen LogP contribution in [0.2, 0.25) is 5.02 Å². The lowest BCUT2D eigenvalue weighted by Crippen LogP contribution is -2.42. The molecule has 0 spiro atoms. The predicted octanol–water partition coefficient (Wildman–Crippen LogP) is 3.04. The first kappa shape index (κ1) is 17.0. The fourth-order valence-corrected chi connectivity index (χ4v) is 2.89. The molecule has 1 atom stereocenters. The summed E-state index contributed by atoms with van der Waals surface area (Å²) in [6, 6.07) is 1.28. The van der Waals surface area contributed by atoms with Crippen LogP contribution in [-0.2, 0) is 20.7 Å². The normalized spacial score (nSPS) is 12.2. The lowest BCUT2D eigenvalue weighted by atomic mass is 10.0. The van der Waals surface area contributed by atoms with Crippen molar-refractivity contribution in [3.05, 3.63) is 21.3 Å². The molecule has 0 aromatic carbocycles. The molecule has 1 heterocycles. The van der Waals surface area contributed by atoms with Gasteiger partial charge in [0.15, 0.2) is 0 Å². The summed E-state index contributed by atoms with van der Waals surface area (Å²) >= 11 is 7.35. The second-order valence-electron chi connectivity index (χ2n) is 5.00. The second-order valence-corrected chi connectivity index (χ2v) is 6.44. The van der Waals surface area contributed by atoms with Crippen molar-refractivity contribution in [2.45, 2.75) is 39.2 Å². The molecule has 0 fully saturated rings. The minimum Gasteiger partial charge on any atom is -0.467 e. The Labute approximate surface area is 128 Å². The number of carbonyl (C=O) groups excluding carboxylic acids is 2. The summed E-state index contributed by atoms with van der Waals surface area (Å²) in [5.74, 6) is -0.243. The van der Waals surface area contributed by atoms with E-state index in [2.05, 4.69) is 5.32 Å². The van der Waals surface area contributed by atoms with Crippen LogP contribution in [0, 0.1) is 5.92 Å². The molecule has 0 saturated heterocycles. The van der Waals surface area contributed by atoms with Gasteiger partial charge < -0.3 is 10.1 Å². The number of rotatable bonds is 7. The van der Waals surface area contributed by atoms with Gasteiger partial charge in [0.05, 0.1) is 12.1 Å². The van der Waals surface area contributed by atoms with Gasteiger partial charge in [-0.15, -0.1) is 11.3 Å². The number of hydrogen-bond donors (Lipinski definition) is 1. The van der Waals surface area contributed by atoms with E-state index in [0.29, 0.717) is 30.2 Å². The molecule has 6 heteroatoms. The fraction of sp³-hybridized carbons (Fsp3) is 0.571. The molecule has 0 saturated carbocycles. The number of aryl methyl sites for hydroxylation is 1. The number of ether oxygens (including phenoxy) is 1. The smallest absolute Gasteiger partial charge is 0.328 e. The monoisotopic (exact) mass is 317 g/mol. The first-order valence-electron chi connectivity index (χ1n) is 6.52. The van der Waals surface area contributed by atoms with Crippen molar-refractivity contribution in [3.8, 4) is 0 Å². The van der Waals surface area contributed by atoms with E-state index >= 15 is 0 Å². The minimum atomic E-state index is -0.570. The molecule has 0 aliphatic carbocycles. The summed E-state index contributed by atoms with van der Waals surface area (Å²) < 4.78 is 4.71. The zero-order valence-corrected chi connectivity index (χ0v) is 13.5. The molecule has 1 aromatic heterocycles.